The number of halogens is 6. The molecular weight excluding hydrogens is 432 g/mol. The van der Waals surface area contributed by atoms with Crippen LogP contribution in [-0.4, -0.2) is 35.6 Å². The van der Waals surface area contributed by atoms with E-state index in [1.165, 1.54) is 0 Å². The molecule has 13 heteroatoms. The number of rotatable bonds is 4. The largest absolute Gasteiger partial charge is 0.462 e. The van der Waals surface area contributed by atoms with Crippen LogP contribution in [0.25, 0.3) is 17.2 Å². The lowest BCUT2D eigenvalue weighted by atomic mass is 10.1. The summed E-state index contributed by atoms with van der Waals surface area (Å²) in [4.78, 5) is 3.63. The minimum absolute atomic E-state index is 0.0850. The second-order valence-electron chi connectivity index (χ2n) is 6.94. The second-order valence-corrected chi connectivity index (χ2v) is 6.94. The Labute approximate surface area is 170 Å². The lowest BCUT2D eigenvalue weighted by Gasteiger charge is -2.29. The lowest BCUT2D eigenvalue weighted by molar-refractivity contribution is -0.262. The molecule has 0 saturated carbocycles. The standard InChI is InChI=1S/C18H13F6N5O2/c1-9-8-28-13(12-7-25-14(29(9)12)16(2,30)18(22,23)24)26-27-15(28)17(20,21)31-11-5-3-10(19)4-6-11/h3-7,30H,1,8H2,2H3/t16-/m1/s1. The van der Waals surface area contributed by atoms with Gasteiger partial charge in [-0.05, 0) is 31.2 Å². The Hall–Kier alpha value is -3.35. The van der Waals surface area contributed by atoms with Crippen molar-refractivity contribution in [1.29, 1.82) is 0 Å². The van der Waals surface area contributed by atoms with E-state index in [2.05, 4.69) is 26.5 Å². The maximum atomic E-state index is 14.7. The van der Waals surface area contributed by atoms with Crippen LogP contribution in [0, 0.1) is 5.82 Å². The number of alkyl halides is 5. The van der Waals surface area contributed by atoms with Crippen LogP contribution in [0.4, 0.5) is 26.3 Å². The molecule has 164 valence electrons. The molecule has 4 rings (SSSR count). The first-order valence-electron chi connectivity index (χ1n) is 8.65. The molecule has 1 N–H and O–H groups in total. The van der Waals surface area contributed by atoms with Crippen LogP contribution >= 0.6 is 0 Å². The van der Waals surface area contributed by atoms with Crippen molar-refractivity contribution in [2.45, 2.75) is 31.4 Å². The summed E-state index contributed by atoms with van der Waals surface area (Å²) in [6, 6.07) is 3.85. The number of hydrogen-bond acceptors (Lipinski definition) is 5. The van der Waals surface area contributed by atoms with Crippen LogP contribution in [0.2, 0.25) is 0 Å². The fraction of sp³-hybridized carbons (Fsp3) is 0.278. The van der Waals surface area contributed by atoms with Crippen molar-refractivity contribution in [1.82, 2.24) is 24.3 Å². The summed E-state index contributed by atoms with van der Waals surface area (Å²) in [5.41, 5.74) is -3.53. The highest BCUT2D eigenvalue weighted by Gasteiger charge is 2.55. The Morgan fingerprint density at radius 2 is 1.71 bits per heavy atom. The molecule has 3 aromatic rings. The summed E-state index contributed by atoms with van der Waals surface area (Å²) >= 11 is 0. The van der Waals surface area contributed by atoms with E-state index in [9.17, 15) is 31.4 Å². The highest BCUT2D eigenvalue weighted by atomic mass is 19.4. The van der Waals surface area contributed by atoms with E-state index in [-0.39, 0.29) is 23.0 Å². The average Bonchev–Trinajstić information content (AvgIpc) is 3.27. The third-order valence-corrected chi connectivity index (χ3v) is 4.71. The van der Waals surface area contributed by atoms with E-state index < -0.39 is 41.9 Å². The molecule has 0 bridgehead atoms. The second kappa shape index (κ2) is 6.57. The molecule has 0 unspecified atom stereocenters. The number of ether oxygens (including phenoxy) is 1. The number of fused-ring (bicyclic) bond motifs is 3. The smallest absolute Gasteiger partial charge is 0.427 e. The van der Waals surface area contributed by atoms with Crippen molar-refractivity contribution in [3.8, 4) is 17.3 Å². The van der Waals surface area contributed by atoms with Crippen molar-refractivity contribution in [3.05, 3.63) is 54.5 Å². The third kappa shape index (κ3) is 3.24. The number of aliphatic hydroxyl groups is 1. The van der Waals surface area contributed by atoms with Crippen LogP contribution in [0.15, 0.2) is 37.0 Å². The van der Waals surface area contributed by atoms with Crippen molar-refractivity contribution >= 4 is 5.70 Å². The molecule has 1 atom stereocenters. The van der Waals surface area contributed by atoms with E-state index >= 15 is 0 Å². The first kappa shape index (κ1) is 20.9. The number of hydrogen-bond donors (Lipinski definition) is 1. The number of imidazole rings is 1. The highest BCUT2D eigenvalue weighted by Crippen LogP contribution is 2.42. The molecule has 0 radical (unpaired) electrons. The maximum Gasteiger partial charge on any atom is 0.462 e. The van der Waals surface area contributed by atoms with E-state index in [1.807, 2.05) is 0 Å². The SMILES string of the molecule is C=C1Cn2c(nnc2C(F)(F)Oc2ccc(F)cc2)-c2cnc([C@@](C)(O)C(F)(F)F)n21. The maximum absolute atomic E-state index is 14.7. The Kier molecular flexibility index (Phi) is 4.43. The molecule has 0 saturated heterocycles. The zero-order chi connectivity index (χ0) is 22.8. The van der Waals surface area contributed by atoms with Gasteiger partial charge >= 0.3 is 12.3 Å². The van der Waals surface area contributed by atoms with Crippen LogP contribution in [0.1, 0.15) is 18.6 Å². The minimum Gasteiger partial charge on any atom is -0.427 e. The zero-order valence-corrected chi connectivity index (χ0v) is 15.7. The number of allylic oxidation sites excluding steroid dienone is 1. The van der Waals surface area contributed by atoms with Gasteiger partial charge in [0.1, 0.15) is 17.3 Å². The van der Waals surface area contributed by atoms with Crippen molar-refractivity contribution in [3.63, 3.8) is 0 Å². The van der Waals surface area contributed by atoms with E-state index in [0.29, 0.717) is 6.92 Å². The Morgan fingerprint density at radius 1 is 1.06 bits per heavy atom. The molecule has 0 aliphatic carbocycles. The van der Waals surface area contributed by atoms with E-state index in [4.69, 9.17) is 0 Å². The Bertz CT molecular complexity index is 1160. The van der Waals surface area contributed by atoms with Crippen molar-refractivity contribution in [2.24, 2.45) is 0 Å². The Balaban J connectivity index is 1.76. The molecule has 0 spiro atoms. The van der Waals surface area contributed by atoms with Gasteiger partial charge in [-0.15, -0.1) is 10.2 Å². The molecule has 7 nitrogen and oxygen atoms in total. The molecule has 1 aliphatic heterocycles. The summed E-state index contributed by atoms with van der Waals surface area (Å²) in [5.74, 6) is -2.94. The fourth-order valence-corrected chi connectivity index (χ4v) is 3.11. The van der Waals surface area contributed by atoms with Gasteiger partial charge < -0.3 is 9.84 Å². The van der Waals surface area contributed by atoms with E-state index in [0.717, 1.165) is 39.6 Å². The van der Waals surface area contributed by atoms with Gasteiger partial charge in [-0.25, -0.2) is 9.37 Å². The van der Waals surface area contributed by atoms with Gasteiger partial charge in [0.05, 0.1) is 12.7 Å². The monoisotopic (exact) mass is 445 g/mol. The summed E-state index contributed by atoms with van der Waals surface area (Å²) < 4.78 is 88.7. The van der Waals surface area contributed by atoms with Gasteiger partial charge in [-0.2, -0.15) is 22.0 Å². The van der Waals surface area contributed by atoms with Gasteiger partial charge in [0.25, 0.3) is 0 Å². The summed E-state index contributed by atoms with van der Waals surface area (Å²) in [5, 5.41) is 17.1. The number of nitrogens with zero attached hydrogens (tertiary/aromatic N) is 5. The number of aromatic nitrogens is 5. The molecule has 3 heterocycles. The summed E-state index contributed by atoms with van der Waals surface area (Å²) in [6.45, 7) is 3.71. The normalized spacial score (nSPS) is 15.9. The van der Waals surface area contributed by atoms with Crippen LogP contribution < -0.4 is 4.74 Å². The lowest BCUT2D eigenvalue weighted by Crippen LogP contribution is -2.42. The van der Waals surface area contributed by atoms with Crippen LogP contribution in [0.5, 0.6) is 5.75 Å². The molecule has 0 fully saturated rings. The predicted octanol–water partition coefficient (Wildman–Crippen LogP) is 3.66. The first-order chi connectivity index (χ1) is 14.3. The molecule has 2 aromatic heterocycles. The molecule has 1 aliphatic rings. The van der Waals surface area contributed by atoms with Gasteiger partial charge in [0.2, 0.25) is 11.4 Å². The predicted molar refractivity (Wildman–Crippen MR) is 93.1 cm³/mol. The molecule has 31 heavy (non-hydrogen) atoms. The van der Waals surface area contributed by atoms with E-state index in [1.54, 1.807) is 0 Å². The first-order valence-corrected chi connectivity index (χ1v) is 8.65. The third-order valence-electron chi connectivity index (χ3n) is 4.71. The highest BCUT2D eigenvalue weighted by molar-refractivity contribution is 5.64. The quantitative estimate of drug-likeness (QED) is 0.621. The zero-order valence-electron chi connectivity index (χ0n) is 15.7. The minimum atomic E-state index is -5.05. The van der Waals surface area contributed by atoms with Gasteiger partial charge in [-0.3, -0.25) is 9.13 Å². The Morgan fingerprint density at radius 3 is 2.32 bits per heavy atom. The van der Waals surface area contributed by atoms with Crippen molar-refractivity contribution in [2.75, 3.05) is 0 Å². The fourth-order valence-electron chi connectivity index (χ4n) is 3.11. The number of benzene rings is 1. The average molecular weight is 445 g/mol. The van der Waals surface area contributed by atoms with Gasteiger partial charge in [0, 0.05) is 5.70 Å². The van der Waals surface area contributed by atoms with Crippen molar-refractivity contribution < 1.29 is 36.2 Å². The molecule has 1 aromatic carbocycles. The van der Waals surface area contributed by atoms with Gasteiger partial charge in [-0.1, -0.05) is 6.58 Å². The van der Waals surface area contributed by atoms with Crippen LogP contribution in [-0.2, 0) is 18.3 Å². The van der Waals surface area contributed by atoms with Crippen LogP contribution in [0.3, 0.4) is 0 Å². The summed E-state index contributed by atoms with van der Waals surface area (Å²) in [6.07, 6.45) is -8.11. The molecule has 0 amide bonds. The molecular formula is C18H13F6N5O2. The topological polar surface area (TPSA) is 78.0 Å². The summed E-state index contributed by atoms with van der Waals surface area (Å²) in [7, 11) is 0. The van der Waals surface area contributed by atoms with Gasteiger partial charge in [0.15, 0.2) is 11.6 Å².